The van der Waals surface area contributed by atoms with Crippen molar-refractivity contribution >= 4 is 45.4 Å². The molecule has 2 aromatic heterocycles. The number of nitrogens with zero attached hydrogens (tertiary/aromatic N) is 2. The lowest BCUT2D eigenvalue weighted by atomic mass is 10.0. The third-order valence-electron chi connectivity index (χ3n) is 5.39. The Morgan fingerprint density at radius 1 is 0.861 bits per heavy atom. The second-order valence-electron chi connectivity index (χ2n) is 8.16. The summed E-state index contributed by atoms with van der Waals surface area (Å²) >= 11 is 2.89. The Bertz CT molecular complexity index is 1490. The molecule has 0 aliphatic carbocycles. The highest BCUT2D eigenvalue weighted by molar-refractivity contribution is 7.13. The van der Waals surface area contributed by atoms with Gasteiger partial charge in [-0.1, -0.05) is 72.3 Å². The van der Waals surface area contributed by atoms with E-state index in [2.05, 4.69) is 53.3 Å². The zero-order valence-electron chi connectivity index (χ0n) is 19.5. The summed E-state index contributed by atoms with van der Waals surface area (Å²) in [5, 5.41) is 25.0. The molecule has 0 bridgehead atoms. The highest BCUT2D eigenvalue weighted by Crippen LogP contribution is 2.31. The summed E-state index contributed by atoms with van der Waals surface area (Å²) in [5.41, 5.74) is 4.29. The molecule has 2 N–H and O–H groups in total. The maximum atomic E-state index is 10.7. The largest absolute Gasteiger partial charge is 0.481 e. The van der Waals surface area contributed by atoms with E-state index in [1.165, 1.54) is 39.2 Å². The third-order valence-corrected chi connectivity index (χ3v) is 7.22. The lowest BCUT2D eigenvalue weighted by molar-refractivity contribution is -0.136. The van der Waals surface area contributed by atoms with Crippen LogP contribution in [0.1, 0.15) is 32.3 Å². The van der Waals surface area contributed by atoms with Crippen molar-refractivity contribution in [1.29, 1.82) is 0 Å². The fourth-order valence-corrected chi connectivity index (χ4v) is 5.31. The summed E-state index contributed by atoms with van der Waals surface area (Å²) < 4.78 is 0. The first kappa shape index (κ1) is 25.2. The number of hydrogen-bond donors (Lipinski definition) is 2. The van der Waals surface area contributed by atoms with Crippen LogP contribution in [0.15, 0.2) is 77.5 Å². The standard InChI is InChI=1S/C16H13NO2S.C12H11NO2S/c1-10-5-6-13-11(7-10)3-2-4-14(13)16-17-12(9-20-16)8-15(18)19;14-12(15)10-8-16-11(13-10)7-6-9-4-2-1-3-5-9/h2-7,9H,8H2,1H3,(H,18,19);1-5,8H,6-7H2,(H,14,15). The van der Waals surface area contributed by atoms with Crippen molar-refractivity contribution < 1.29 is 19.8 Å². The molecule has 0 saturated heterocycles. The Morgan fingerprint density at radius 2 is 1.67 bits per heavy atom. The Kier molecular flexibility index (Phi) is 8.20. The highest BCUT2D eigenvalue weighted by atomic mass is 32.1. The van der Waals surface area contributed by atoms with Crippen molar-refractivity contribution in [2.45, 2.75) is 26.2 Å². The van der Waals surface area contributed by atoms with Gasteiger partial charge in [0.25, 0.3) is 0 Å². The molecular weight excluding hydrogens is 492 g/mol. The van der Waals surface area contributed by atoms with E-state index >= 15 is 0 Å². The van der Waals surface area contributed by atoms with Gasteiger partial charge in [-0.25, -0.2) is 14.8 Å². The Labute approximate surface area is 216 Å². The zero-order valence-corrected chi connectivity index (χ0v) is 21.2. The predicted molar refractivity (Wildman–Crippen MR) is 144 cm³/mol. The van der Waals surface area contributed by atoms with Crippen molar-refractivity contribution in [2.24, 2.45) is 0 Å². The summed E-state index contributed by atoms with van der Waals surface area (Å²) in [7, 11) is 0. The number of rotatable bonds is 7. The van der Waals surface area contributed by atoms with Gasteiger partial charge in [0, 0.05) is 22.7 Å². The number of benzene rings is 3. The first-order valence-corrected chi connectivity index (χ1v) is 13.0. The third kappa shape index (κ3) is 6.62. The van der Waals surface area contributed by atoms with Gasteiger partial charge in [-0.05, 0) is 29.7 Å². The van der Waals surface area contributed by atoms with Crippen molar-refractivity contribution in [1.82, 2.24) is 9.97 Å². The number of hydrogen-bond acceptors (Lipinski definition) is 6. The number of carbonyl (C=O) groups is 2. The molecule has 2 heterocycles. The van der Waals surface area contributed by atoms with E-state index in [1.54, 1.807) is 5.38 Å². The quantitative estimate of drug-likeness (QED) is 0.255. The molecule has 6 nitrogen and oxygen atoms in total. The Balaban J connectivity index is 0.000000174. The van der Waals surface area contributed by atoms with Crippen LogP contribution in [0.5, 0.6) is 0 Å². The number of thiazole rings is 2. The molecule has 0 fully saturated rings. The average molecular weight is 517 g/mol. The van der Waals surface area contributed by atoms with Crippen molar-refractivity contribution in [3.05, 3.63) is 105 Å². The van der Waals surface area contributed by atoms with Crippen LogP contribution >= 0.6 is 22.7 Å². The van der Waals surface area contributed by atoms with Gasteiger partial charge < -0.3 is 10.2 Å². The molecule has 0 spiro atoms. The molecule has 0 atom stereocenters. The van der Waals surface area contributed by atoms with Crippen LogP contribution in [0, 0.1) is 6.92 Å². The van der Waals surface area contributed by atoms with Crippen LogP contribution < -0.4 is 0 Å². The zero-order chi connectivity index (χ0) is 25.5. The van der Waals surface area contributed by atoms with Crippen molar-refractivity contribution in [2.75, 3.05) is 0 Å². The van der Waals surface area contributed by atoms with Crippen LogP contribution in [0.2, 0.25) is 0 Å². The van der Waals surface area contributed by atoms with Crippen LogP contribution in [0.25, 0.3) is 21.3 Å². The van der Waals surface area contributed by atoms with Gasteiger partial charge >= 0.3 is 11.9 Å². The van der Waals surface area contributed by atoms with Crippen LogP contribution in [0.4, 0.5) is 0 Å². The molecule has 8 heteroatoms. The number of carboxylic acids is 2. The molecule has 5 rings (SSSR count). The summed E-state index contributed by atoms with van der Waals surface area (Å²) in [6.07, 6.45) is 1.66. The molecule has 36 heavy (non-hydrogen) atoms. The van der Waals surface area contributed by atoms with E-state index in [0.29, 0.717) is 5.69 Å². The second kappa shape index (κ2) is 11.7. The van der Waals surface area contributed by atoms with E-state index in [-0.39, 0.29) is 12.1 Å². The molecule has 3 aromatic carbocycles. The molecule has 182 valence electrons. The molecule has 0 radical (unpaired) electrons. The van der Waals surface area contributed by atoms with E-state index in [1.807, 2.05) is 35.7 Å². The lowest BCUT2D eigenvalue weighted by Crippen LogP contribution is -1.99. The lowest BCUT2D eigenvalue weighted by Gasteiger charge is -2.04. The molecule has 0 saturated carbocycles. The second-order valence-corrected chi connectivity index (χ2v) is 9.96. The number of aliphatic carboxylic acids is 1. The number of aryl methyl sites for hydroxylation is 3. The summed E-state index contributed by atoms with van der Waals surface area (Å²) in [5.74, 6) is -1.81. The smallest absolute Gasteiger partial charge is 0.355 e. The van der Waals surface area contributed by atoms with Crippen molar-refractivity contribution in [3.8, 4) is 10.6 Å². The van der Waals surface area contributed by atoms with E-state index in [9.17, 15) is 9.59 Å². The number of carboxylic acid groups (broad SMARTS) is 2. The molecule has 0 aliphatic heterocycles. The predicted octanol–water partition coefficient (Wildman–Crippen LogP) is 6.53. The van der Waals surface area contributed by atoms with E-state index in [4.69, 9.17) is 10.2 Å². The highest BCUT2D eigenvalue weighted by Gasteiger charge is 2.11. The van der Waals surface area contributed by atoms with Gasteiger partial charge in [0.15, 0.2) is 5.69 Å². The fraction of sp³-hybridized carbons (Fsp3) is 0.143. The van der Waals surface area contributed by atoms with E-state index < -0.39 is 11.9 Å². The van der Waals surface area contributed by atoms with Crippen LogP contribution in [0.3, 0.4) is 0 Å². The molecule has 0 aliphatic rings. The fourth-order valence-electron chi connectivity index (χ4n) is 3.68. The van der Waals surface area contributed by atoms with Gasteiger partial charge in [0.1, 0.15) is 5.01 Å². The first-order chi connectivity index (χ1) is 17.4. The maximum Gasteiger partial charge on any atom is 0.355 e. The number of aromatic carboxylic acids is 1. The summed E-state index contributed by atoms with van der Waals surface area (Å²) in [6.45, 7) is 2.07. The number of aromatic nitrogens is 2. The van der Waals surface area contributed by atoms with Crippen LogP contribution in [-0.4, -0.2) is 32.1 Å². The van der Waals surface area contributed by atoms with E-state index in [0.717, 1.165) is 33.8 Å². The van der Waals surface area contributed by atoms with Gasteiger partial charge in [0.2, 0.25) is 0 Å². The molecule has 0 amide bonds. The Hall–Kier alpha value is -3.88. The molecular formula is C28H24N2O4S2. The van der Waals surface area contributed by atoms with Crippen LogP contribution in [-0.2, 0) is 24.1 Å². The SMILES string of the molecule is Cc1ccc2c(-c3nc(CC(=O)O)cs3)cccc2c1.O=C(O)c1csc(CCc2ccccc2)n1. The van der Waals surface area contributed by atoms with Gasteiger partial charge in [-0.3, -0.25) is 4.79 Å². The average Bonchev–Trinajstić information content (AvgIpc) is 3.53. The van der Waals surface area contributed by atoms with Gasteiger partial charge in [-0.2, -0.15) is 0 Å². The summed E-state index contributed by atoms with van der Waals surface area (Å²) in [6, 6.07) is 22.5. The normalized spacial score (nSPS) is 10.6. The molecule has 5 aromatic rings. The maximum absolute atomic E-state index is 10.7. The molecule has 0 unspecified atom stereocenters. The first-order valence-electron chi connectivity index (χ1n) is 11.3. The minimum atomic E-state index is -0.956. The minimum Gasteiger partial charge on any atom is -0.481 e. The summed E-state index contributed by atoms with van der Waals surface area (Å²) in [4.78, 5) is 29.8. The van der Waals surface area contributed by atoms with Gasteiger partial charge in [-0.15, -0.1) is 22.7 Å². The Morgan fingerprint density at radius 3 is 2.39 bits per heavy atom. The minimum absolute atomic E-state index is 0.0274. The van der Waals surface area contributed by atoms with Crippen molar-refractivity contribution in [3.63, 3.8) is 0 Å². The monoisotopic (exact) mass is 516 g/mol. The van der Waals surface area contributed by atoms with Gasteiger partial charge in [0.05, 0.1) is 17.1 Å². The topological polar surface area (TPSA) is 100 Å². The number of fused-ring (bicyclic) bond motifs is 1.